The molecule has 1 atom stereocenters. The first kappa shape index (κ1) is 23.1. The fraction of sp³-hybridized carbons (Fsp3) is 0.409. The van der Waals surface area contributed by atoms with Crippen molar-refractivity contribution >= 4 is 21.6 Å². The summed E-state index contributed by atoms with van der Waals surface area (Å²) in [5, 5.41) is 2.79. The molecule has 0 saturated carbocycles. The molecule has 0 aliphatic heterocycles. The molecule has 5 nitrogen and oxygen atoms in total. The maximum absolute atomic E-state index is 12.8. The minimum atomic E-state index is -4.53. The van der Waals surface area contributed by atoms with E-state index in [1.165, 1.54) is 17.5 Å². The molecule has 168 valence electrons. The van der Waals surface area contributed by atoms with Crippen molar-refractivity contribution in [1.29, 1.82) is 0 Å². The zero-order chi connectivity index (χ0) is 22.8. The topological polar surface area (TPSA) is 66.5 Å². The number of carbonyl (C=O) groups excluding carboxylic acids is 1. The number of rotatable bonds is 6. The van der Waals surface area contributed by atoms with Crippen LogP contribution in [0.1, 0.15) is 48.1 Å². The molecule has 31 heavy (non-hydrogen) atoms. The second kappa shape index (κ2) is 8.90. The summed E-state index contributed by atoms with van der Waals surface area (Å²) >= 11 is 0. The van der Waals surface area contributed by atoms with E-state index in [0.717, 1.165) is 59.7 Å². The van der Waals surface area contributed by atoms with Crippen LogP contribution in [0.2, 0.25) is 0 Å². The summed E-state index contributed by atoms with van der Waals surface area (Å²) in [6.45, 7) is 1.28. The number of amides is 1. The molecule has 0 fully saturated rings. The Bertz CT molecular complexity index is 1050. The number of hydrogen-bond donors (Lipinski definition) is 1. The van der Waals surface area contributed by atoms with E-state index in [4.69, 9.17) is 0 Å². The number of benzene rings is 2. The lowest BCUT2D eigenvalue weighted by Crippen LogP contribution is -2.41. The average molecular weight is 455 g/mol. The summed E-state index contributed by atoms with van der Waals surface area (Å²) in [5.41, 5.74) is 2.61. The predicted molar refractivity (Wildman–Crippen MR) is 113 cm³/mol. The van der Waals surface area contributed by atoms with Crippen molar-refractivity contribution in [3.8, 4) is 0 Å². The lowest BCUT2D eigenvalue weighted by Gasteiger charge is -2.24. The third kappa shape index (κ3) is 5.78. The molecular weight excluding hydrogens is 429 g/mol. The normalized spacial score (nSPS) is 15.1. The van der Waals surface area contributed by atoms with E-state index in [9.17, 15) is 26.4 Å². The molecule has 1 N–H and O–H groups in total. The van der Waals surface area contributed by atoms with Crippen molar-refractivity contribution in [2.24, 2.45) is 0 Å². The highest BCUT2D eigenvalue weighted by atomic mass is 32.2. The second-order valence-corrected chi connectivity index (χ2v) is 9.75. The first-order valence-corrected chi connectivity index (χ1v) is 11.9. The van der Waals surface area contributed by atoms with Gasteiger partial charge in [0.05, 0.1) is 23.5 Å². The number of sulfonamides is 1. The number of hydrogen-bond acceptors (Lipinski definition) is 3. The molecule has 3 rings (SSSR count). The Morgan fingerprint density at radius 2 is 1.68 bits per heavy atom. The number of halogens is 3. The number of nitrogens with one attached hydrogen (secondary N) is 1. The standard InChI is InChI=1S/C22H25F3N2O3S/c1-15(17-8-7-16-5-3-4-6-18(16)13-17)26-21(28)14-27(31(2,29)30)20-11-9-19(10-12-20)22(23,24)25/h7-13,15H,3-6,14H2,1-2H3,(H,26,28)/t15-/m1/s1. The molecule has 1 aliphatic carbocycles. The number of anilines is 1. The molecule has 9 heteroatoms. The number of carbonyl (C=O) groups is 1. The van der Waals surface area contributed by atoms with Gasteiger partial charge in [-0.15, -0.1) is 0 Å². The van der Waals surface area contributed by atoms with E-state index < -0.39 is 34.2 Å². The van der Waals surface area contributed by atoms with Crippen LogP contribution in [0.5, 0.6) is 0 Å². The van der Waals surface area contributed by atoms with Gasteiger partial charge in [0.1, 0.15) is 6.54 Å². The molecule has 0 spiro atoms. The minimum absolute atomic E-state index is 0.00733. The molecular formula is C22H25F3N2O3S. The molecule has 2 aromatic rings. The minimum Gasteiger partial charge on any atom is -0.348 e. The van der Waals surface area contributed by atoms with Crippen LogP contribution >= 0.6 is 0 Å². The smallest absolute Gasteiger partial charge is 0.348 e. The van der Waals surface area contributed by atoms with Gasteiger partial charge in [0.2, 0.25) is 15.9 Å². The summed E-state index contributed by atoms with van der Waals surface area (Å²) in [6.07, 6.45) is 0.727. The van der Waals surface area contributed by atoms with Crippen molar-refractivity contribution in [3.63, 3.8) is 0 Å². The van der Waals surface area contributed by atoms with Crippen LogP contribution < -0.4 is 9.62 Å². The van der Waals surface area contributed by atoms with Crippen LogP contribution in [0.4, 0.5) is 18.9 Å². The monoisotopic (exact) mass is 454 g/mol. The molecule has 0 bridgehead atoms. The van der Waals surface area contributed by atoms with E-state index in [2.05, 4.69) is 17.4 Å². The Morgan fingerprint density at radius 3 is 2.26 bits per heavy atom. The summed E-state index contributed by atoms with van der Waals surface area (Å²) in [4.78, 5) is 12.6. The highest BCUT2D eigenvalue weighted by Gasteiger charge is 2.31. The Kier molecular flexibility index (Phi) is 6.64. The largest absolute Gasteiger partial charge is 0.416 e. The SMILES string of the molecule is C[C@@H](NC(=O)CN(c1ccc(C(F)(F)F)cc1)S(C)(=O)=O)c1ccc2c(c1)CCCC2. The van der Waals surface area contributed by atoms with Crippen LogP contribution in [-0.4, -0.2) is 27.1 Å². The van der Waals surface area contributed by atoms with E-state index in [1.54, 1.807) is 0 Å². The lowest BCUT2D eigenvalue weighted by molar-refractivity contribution is -0.137. The zero-order valence-corrected chi connectivity index (χ0v) is 18.2. The second-order valence-electron chi connectivity index (χ2n) is 7.84. The maximum Gasteiger partial charge on any atom is 0.416 e. The van der Waals surface area contributed by atoms with E-state index in [0.29, 0.717) is 0 Å². The van der Waals surface area contributed by atoms with Crippen LogP contribution in [-0.2, 0) is 33.8 Å². The molecule has 0 saturated heterocycles. The zero-order valence-electron chi connectivity index (χ0n) is 17.4. The maximum atomic E-state index is 12.8. The van der Waals surface area contributed by atoms with Crippen molar-refractivity contribution < 1.29 is 26.4 Å². The van der Waals surface area contributed by atoms with Gasteiger partial charge in [-0.25, -0.2) is 8.42 Å². The molecule has 1 aliphatic rings. The lowest BCUT2D eigenvalue weighted by atomic mass is 9.89. The first-order chi connectivity index (χ1) is 14.4. The third-order valence-corrected chi connectivity index (χ3v) is 6.56. The highest BCUT2D eigenvalue weighted by Crippen LogP contribution is 2.31. The van der Waals surface area contributed by atoms with Gasteiger partial charge in [-0.3, -0.25) is 9.10 Å². The van der Waals surface area contributed by atoms with Crippen LogP contribution in [0.25, 0.3) is 0 Å². The fourth-order valence-corrected chi connectivity index (χ4v) is 4.60. The summed E-state index contributed by atoms with van der Waals surface area (Å²) < 4.78 is 63.5. The number of alkyl halides is 3. The molecule has 0 heterocycles. The van der Waals surface area contributed by atoms with Crippen LogP contribution in [0, 0.1) is 0 Å². The van der Waals surface area contributed by atoms with Gasteiger partial charge in [0.25, 0.3) is 0 Å². The van der Waals surface area contributed by atoms with Gasteiger partial charge in [0, 0.05) is 0 Å². The Labute approximate surface area is 180 Å². The molecule has 1 amide bonds. The Balaban J connectivity index is 1.72. The van der Waals surface area contributed by atoms with Crippen LogP contribution in [0.3, 0.4) is 0 Å². The van der Waals surface area contributed by atoms with Gasteiger partial charge in [-0.05, 0) is 73.6 Å². The molecule has 2 aromatic carbocycles. The van der Waals surface area contributed by atoms with E-state index in [-0.39, 0.29) is 11.7 Å². The fourth-order valence-electron chi connectivity index (χ4n) is 3.74. The summed E-state index contributed by atoms with van der Waals surface area (Å²) in [7, 11) is -3.88. The van der Waals surface area contributed by atoms with Gasteiger partial charge < -0.3 is 5.32 Å². The van der Waals surface area contributed by atoms with Crippen LogP contribution in [0.15, 0.2) is 42.5 Å². The average Bonchev–Trinajstić information content (AvgIpc) is 2.70. The summed E-state index contributed by atoms with van der Waals surface area (Å²) in [6, 6.07) is 9.44. The predicted octanol–water partition coefficient (Wildman–Crippen LogP) is 4.23. The van der Waals surface area contributed by atoms with E-state index >= 15 is 0 Å². The number of nitrogens with zero attached hydrogens (tertiary/aromatic N) is 1. The number of aryl methyl sites for hydroxylation is 2. The van der Waals surface area contributed by atoms with Crippen molar-refractivity contribution in [1.82, 2.24) is 5.32 Å². The van der Waals surface area contributed by atoms with Crippen molar-refractivity contribution in [2.75, 3.05) is 17.1 Å². The van der Waals surface area contributed by atoms with Gasteiger partial charge in [0.15, 0.2) is 0 Å². The number of fused-ring (bicyclic) bond motifs is 1. The summed E-state index contributed by atoms with van der Waals surface area (Å²) in [5.74, 6) is -0.546. The van der Waals surface area contributed by atoms with Gasteiger partial charge in [-0.2, -0.15) is 13.2 Å². The quantitative estimate of drug-likeness (QED) is 0.711. The van der Waals surface area contributed by atoms with Crippen molar-refractivity contribution in [2.45, 2.75) is 44.8 Å². The van der Waals surface area contributed by atoms with Crippen molar-refractivity contribution in [3.05, 3.63) is 64.7 Å². The first-order valence-electron chi connectivity index (χ1n) is 10.0. The third-order valence-electron chi connectivity index (χ3n) is 5.42. The Hall–Kier alpha value is -2.55. The molecule has 0 unspecified atom stereocenters. The Morgan fingerprint density at radius 1 is 1.06 bits per heavy atom. The van der Waals surface area contributed by atoms with Gasteiger partial charge >= 0.3 is 6.18 Å². The molecule has 0 aromatic heterocycles. The molecule has 0 radical (unpaired) electrons. The highest BCUT2D eigenvalue weighted by molar-refractivity contribution is 7.92. The van der Waals surface area contributed by atoms with E-state index in [1.807, 2.05) is 13.0 Å². The van der Waals surface area contributed by atoms with Gasteiger partial charge in [-0.1, -0.05) is 18.2 Å².